The summed E-state index contributed by atoms with van der Waals surface area (Å²) in [5, 5.41) is 0. The zero-order valence-corrected chi connectivity index (χ0v) is 18.4. The molecule has 0 amide bonds. The van der Waals surface area contributed by atoms with Crippen molar-refractivity contribution in [1.82, 2.24) is 19.3 Å². The Hall–Kier alpha value is -2.64. The van der Waals surface area contributed by atoms with Crippen molar-refractivity contribution in [1.29, 1.82) is 0 Å². The molecule has 6 nitrogen and oxygen atoms in total. The van der Waals surface area contributed by atoms with Crippen LogP contribution in [0.15, 0.2) is 53.8 Å². The van der Waals surface area contributed by atoms with Crippen LogP contribution in [-0.2, 0) is 10.0 Å². The van der Waals surface area contributed by atoms with Gasteiger partial charge in [0.25, 0.3) is 0 Å². The average Bonchev–Trinajstić information content (AvgIpc) is 2.75. The predicted molar refractivity (Wildman–Crippen MR) is 116 cm³/mol. The van der Waals surface area contributed by atoms with Crippen molar-refractivity contribution in [2.45, 2.75) is 51.0 Å². The molecule has 0 N–H and O–H groups in total. The Morgan fingerprint density at radius 2 is 1.73 bits per heavy atom. The molecule has 0 radical (unpaired) electrons. The number of aryl methyl sites for hydroxylation is 3. The van der Waals surface area contributed by atoms with Crippen LogP contribution in [0.25, 0.3) is 11.1 Å². The van der Waals surface area contributed by atoms with Gasteiger partial charge in [0.15, 0.2) is 0 Å². The summed E-state index contributed by atoms with van der Waals surface area (Å²) in [6, 6.07) is 8.67. The number of piperidine rings is 1. The van der Waals surface area contributed by atoms with E-state index in [-0.39, 0.29) is 6.04 Å². The second-order valence-electron chi connectivity index (χ2n) is 7.85. The molecular weight excluding hydrogens is 396 g/mol. The van der Waals surface area contributed by atoms with Crippen molar-refractivity contribution in [3.05, 3.63) is 71.6 Å². The summed E-state index contributed by atoms with van der Waals surface area (Å²) in [4.78, 5) is 13.7. The van der Waals surface area contributed by atoms with Crippen LogP contribution in [0.4, 0.5) is 0 Å². The Balaban J connectivity index is 1.83. The Labute approximate surface area is 178 Å². The summed E-state index contributed by atoms with van der Waals surface area (Å²) in [6.45, 7) is 6.27. The number of sulfonamides is 1. The van der Waals surface area contributed by atoms with Crippen LogP contribution in [-0.4, -0.2) is 34.2 Å². The molecule has 1 unspecified atom stereocenters. The number of nitrogens with zero attached hydrogens (tertiary/aromatic N) is 4. The molecule has 1 saturated heterocycles. The number of hydrogen-bond acceptors (Lipinski definition) is 5. The summed E-state index contributed by atoms with van der Waals surface area (Å²) in [5.74, 6) is 0.638. The van der Waals surface area contributed by atoms with Gasteiger partial charge in [-0.3, -0.25) is 4.98 Å². The molecule has 0 saturated carbocycles. The molecule has 7 heteroatoms. The summed E-state index contributed by atoms with van der Waals surface area (Å²) in [7, 11) is -3.64. The molecule has 4 rings (SSSR count). The fourth-order valence-electron chi connectivity index (χ4n) is 4.04. The van der Waals surface area contributed by atoms with Crippen LogP contribution < -0.4 is 0 Å². The maximum absolute atomic E-state index is 13.6. The largest absolute Gasteiger partial charge is 0.264 e. The minimum atomic E-state index is -3.64. The van der Waals surface area contributed by atoms with E-state index in [1.54, 1.807) is 28.8 Å². The first kappa shape index (κ1) is 20.6. The van der Waals surface area contributed by atoms with Gasteiger partial charge in [-0.2, -0.15) is 4.31 Å². The standard InChI is InChI=1S/C23H26N4O2S/c1-16-7-9-19(10-8-16)30(28,29)27-13-5-4-6-22(27)23-21(15-25-18(3)26-23)20-11-12-24-14-17(20)2/h7-12,14-15,22H,4-6,13H2,1-3H3. The van der Waals surface area contributed by atoms with Gasteiger partial charge in [-0.05, 0) is 62.9 Å². The third-order valence-electron chi connectivity index (χ3n) is 5.65. The molecule has 0 bridgehead atoms. The number of benzene rings is 1. The lowest BCUT2D eigenvalue weighted by Crippen LogP contribution is -2.39. The lowest BCUT2D eigenvalue weighted by molar-refractivity contribution is 0.251. The van der Waals surface area contributed by atoms with E-state index in [9.17, 15) is 8.42 Å². The molecule has 1 aliphatic rings. The van der Waals surface area contributed by atoms with Gasteiger partial charge in [0, 0.05) is 30.7 Å². The molecule has 1 atom stereocenters. The van der Waals surface area contributed by atoms with Crippen LogP contribution in [0, 0.1) is 20.8 Å². The fourth-order valence-corrected chi connectivity index (χ4v) is 5.70. The molecule has 3 aromatic rings. The average molecular weight is 423 g/mol. The predicted octanol–water partition coefficient (Wildman–Crippen LogP) is 4.38. The molecule has 2 aromatic heterocycles. The highest BCUT2D eigenvalue weighted by molar-refractivity contribution is 7.89. The fraction of sp³-hybridized carbons (Fsp3) is 0.348. The maximum atomic E-state index is 13.6. The smallest absolute Gasteiger partial charge is 0.243 e. The van der Waals surface area contributed by atoms with Gasteiger partial charge in [0.1, 0.15) is 5.82 Å². The van der Waals surface area contributed by atoms with Gasteiger partial charge in [-0.25, -0.2) is 18.4 Å². The molecule has 1 aromatic carbocycles. The van der Waals surface area contributed by atoms with Crippen molar-refractivity contribution < 1.29 is 8.42 Å². The SMILES string of the molecule is Cc1ccc(S(=O)(=O)N2CCCCC2c2nc(C)ncc2-c2ccncc2C)cc1. The van der Waals surface area contributed by atoms with E-state index in [1.165, 1.54) is 0 Å². The van der Waals surface area contributed by atoms with E-state index in [1.807, 2.05) is 45.2 Å². The maximum Gasteiger partial charge on any atom is 0.243 e. The molecule has 30 heavy (non-hydrogen) atoms. The summed E-state index contributed by atoms with van der Waals surface area (Å²) < 4.78 is 28.7. The normalized spacial score (nSPS) is 17.8. The van der Waals surface area contributed by atoms with E-state index in [4.69, 9.17) is 4.98 Å². The van der Waals surface area contributed by atoms with E-state index in [0.29, 0.717) is 17.3 Å². The van der Waals surface area contributed by atoms with Gasteiger partial charge in [-0.1, -0.05) is 24.1 Å². The van der Waals surface area contributed by atoms with Crippen molar-refractivity contribution in [2.24, 2.45) is 0 Å². The third kappa shape index (κ3) is 3.87. The molecular formula is C23H26N4O2S. The number of rotatable bonds is 4. The van der Waals surface area contributed by atoms with Crippen LogP contribution in [0.3, 0.4) is 0 Å². The lowest BCUT2D eigenvalue weighted by Gasteiger charge is -2.35. The van der Waals surface area contributed by atoms with Crippen LogP contribution >= 0.6 is 0 Å². The number of aromatic nitrogens is 3. The Morgan fingerprint density at radius 3 is 2.47 bits per heavy atom. The first-order valence-electron chi connectivity index (χ1n) is 10.2. The van der Waals surface area contributed by atoms with Gasteiger partial charge in [0.05, 0.1) is 16.6 Å². The molecule has 0 spiro atoms. The third-order valence-corrected chi connectivity index (χ3v) is 7.57. The second kappa shape index (κ2) is 8.24. The minimum Gasteiger partial charge on any atom is -0.264 e. The van der Waals surface area contributed by atoms with Crippen molar-refractivity contribution in [3.63, 3.8) is 0 Å². The lowest BCUT2D eigenvalue weighted by atomic mass is 9.94. The Morgan fingerprint density at radius 1 is 0.967 bits per heavy atom. The minimum absolute atomic E-state index is 0.325. The zero-order valence-electron chi connectivity index (χ0n) is 17.5. The second-order valence-corrected chi connectivity index (χ2v) is 9.74. The van der Waals surface area contributed by atoms with Crippen molar-refractivity contribution in [3.8, 4) is 11.1 Å². The highest BCUT2D eigenvalue weighted by Gasteiger charge is 2.36. The molecule has 156 valence electrons. The quantitative estimate of drug-likeness (QED) is 0.624. The van der Waals surface area contributed by atoms with Gasteiger partial charge in [0.2, 0.25) is 10.0 Å². The summed E-state index contributed by atoms with van der Waals surface area (Å²) in [6.07, 6.45) is 7.90. The first-order chi connectivity index (χ1) is 14.4. The highest BCUT2D eigenvalue weighted by Crippen LogP contribution is 2.39. The van der Waals surface area contributed by atoms with Gasteiger partial charge < -0.3 is 0 Å². The topological polar surface area (TPSA) is 76.1 Å². The highest BCUT2D eigenvalue weighted by atomic mass is 32.2. The van der Waals surface area contributed by atoms with Crippen molar-refractivity contribution >= 4 is 10.0 Å². The Bertz CT molecular complexity index is 1160. The van der Waals surface area contributed by atoms with Crippen molar-refractivity contribution in [2.75, 3.05) is 6.54 Å². The van der Waals surface area contributed by atoms with E-state index in [0.717, 1.165) is 47.2 Å². The van der Waals surface area contributed by atoms with Crippen LogP contribution in [0.1, 0.15) is 47.9 Å². The molecule has 3 heterocycles. The van der Waals surface area contributed by atoms with Crippen LogP contribution in [0.2, 0.25) is 0 Å². The number of hydrogen-bond donors (Lipinski definition) is 0. The van der Waals surface area contributed by atoms with Gasteiger partial charge >= 0.3 is 0 Å². The number of pyridine rings is 1. The summed E-state index contributed by atoms with van der Waals surface area (Å²) >= 11 is 0. The van der Waals surface area contributed by atoms with Crippen LogP contribution in [0.5, 0.6) is 0 Å². The molecule has 1 fully saturated rings. The first-order valence-corrected chi connectivity index (χ1v) is 11.6. The Kier molecular flexibility index (Phi) is 5.66. The van der Waals surface area contributed by atoms with E-state index >= 15 is 0 Å². The van der Waals surface area contributed by atoms with E-state index < -0.39 is 10.0 Å². The zero-order chi connectivity index (χ0) is 21.3. The summed E-state index contributed by atoms with van der Waals surface area (Å²) in [5.41, 5.74) is 4.67. The molecule has 0 aliphatic carbocycles. The van der Waals surface area contributed by atoms with Gasteiger partial charge in [-0.15, -0.1) is 0 Å². The monoisotopic (exact) mass is 422 g/mol. The van der Waals surface area contributed by atoms with E-state index in [2.05, 4.69) is 9.97 Å². The molecule has 1 aliphatic heterocycles.